The lowest BCUT2D eigenvalue weighted by Gasteiger charge is -2.30. The summed E-state index contributed by atoms with van der Waals surface area (Å²) < 4.78 is 0. The van der Waals surface area contributed by atoms with Gasteiger partial charge in [0.2, 0.25) is 0 Å². The number of rotatable bonds is 7. The molecule has 0 rings (SSSR count). The van der Waals surface area contributed by atoms with Gasteiger partial charge in [-0.1, -0.05) is 41.5 Å². The smallest absolute Gasteiger partial charge is 0.0494 e. The van der Waals surface area contributed by atoms with E-state index in [9.17, 15) is 0 Å². The molecule has 0 atom stereocenters. The van der Waals surface area contributed by atoms with Crippen LogP contribution in [-0.2, 0) is 0 Å². The molecule has 0 aromatic carbocycles. The van der Waals surface area contributed by atoms with Crippen molar-refractivity contribution in [2.45, 2.75) is 48.0 Å². The molecule has 0 bridgehead atoms. The van der Waals surface area contributed by atoms with Crippen molar-refractivity contribution in [3.8, 4) is 0 Å². The second-order valence-electron chi connectivity index (χ2n) is 6.69. The summed E-state index contributed by atoms with van der Waals surface area (Å²) >= 11 is 0. The van der Waals surface area contributed by atoms with Crippen molar-refractivity contribution in [2.75, 3.05) is 19.7 Å². The normalized spacial score (nSPS) is 13.6. The summed E-state index contributed by atoms with van der Waals surface area (Å²) in [4.78, 5) is 0. The van der Waals surface area contributed by atoms with Crippen LogP contribution >= 0.6 is 0 Å². The number of hydrogen-bond acceptors (Lipinski definition) is 2. The maximum Gasteiger partial charge on any atom is 0.0494 e. The van der Waals surface area contributed by atoms with Crippen molar-refractivity contribution in [3.05, 3.63) is 0 Å². The molecule has 0 fully saturated rings. The molecule has 0 saturated carbocycles. The van der Waals surface area contributed by atoms with Crippen LogP contribution in [0.3, 0.4) is 0 Å². The predicted octanol–water partition coefficient (Wildman–Crippen LogP) is 2.67. The SMILES string of the molecule is CC(C)CC(C)(C)CNCC(C)(C)CO. The molecule has 0 unspecified atom stereocenters. The van der Waals surface area contributed by atoms with Crippen LogP contribution in [0.4, 0.5) is 0 Å². The van der Waals surface area contributed by atoms with Crippen LogP contribution in [-0.4, -0.2) is 24.8 Å². The molecule has 92 valence electrons. The largest absolute Gasteiger partial charge is 0.396 e. The molecule has 0 saturated heterocycles. The lowest BCUT2D eigenvalue weighted by molar-refractivity contribution is 0.150. The molecule has 2 N–H and O–H groups in total. The average molecular weight is 215 g/mol. The van der Waals surface area contributed by atoms with Gasteiger partial charge in [0.1, 0.15) is 0 Å². The topological polar surface area (TPSA) is 32.3 Å². The van der Waals surface area contributed by atoms with E-state index >= 15 is 0 Å². The van der Waals surface area contributed by atoms with Gasteiger partial charge in [-0.2, -0.15) is 0 Å². The maximum absolute atomic E-state index is 9.13. The molecular weight excluding hydrogens is 186 g/mol. The summed E-state index contributed by atoms with van der Waals surface area (Å²) in [5, 5.41) is 12.6. The maximum atomic E-state index is 9.13. The molecule has 0 spiro atoms. The summed E-state index contributed by atoms with van der Waals surface area (Å²) in [7, 11) is 0. The molecule has 2 heteroatoms. The molecular formula is C13H29NO. The minimum Gasteiger partial charge on any atom is -0.396 e. The van der Waals surface area contributed by atoms with Crippen LogP contribution in [0.1, 0.15) is 48.0 Å². The molecule has 0 aliphatic rings. The Hall–Kier alpha value is -0.0800. The highest BCUT2D eigenvalue weighted by molar-refractivity contribution is 4.76. The Morgan fingerprint density at radius 1 is 1.00 bits per heavy atom. The van der Waals surface area contributed by atoms with Gasteiger partial charge in [0, 0.05) is 25.1 Å². The van der Waals surface area contributed by atoms with E-state index in [-0.39, 0.29) is 12.0 Å². The molecule has 0 radical (unpaired) electrons. The standard InChI is InChI=1S/C13H29NO/c1-11(2)7-12(3,4)8-14-9-13(5,6)10-15/h11,14-15H,7-10H2,1-6H3. The number of nitrogens with one attached hydrogen (secondary N) is 1. The zero-order chi connectivity index (χ0) is 12.1. The van der Waals surface area contributed by atoms with Crippen molar-refractivity contribution in [1.29, 1.82) is 0 Å². The predicted molar refractivity (Wildman–Crippen MR) is 67.0 cm³/mol. The van der Waals surface area contributed by atoms with Gasteiger partial charge in [0.15, 0.2) is 0 Å². The van der Waals surface area contributed by atoms with Crippen molar-refractivity contribution < 1.29 is 5.11 Å². The lowest BCUT2D eigenvalue weighted by atomic mass is 9.83. The van der Waals surface area contributed by atoms with Crippen molar-refractivity contribution >= 4 is 0 Å². The Labute approximate surface area is 95.5 Å². The fraction of sp³-hybridized carbons (Fsp3) is 1.00. The van der Waals surface area contributed by atoms with Gasteiger partial charge in [-0.05, 0) is 17.8 Å². The highest BCUT2D eigenvalue weighted by atomic mass is 16.3. The summed E-state index contributed by atoms with van der Waals surface area (Å²) in [6.45, 7) is 15.4. The minimum absolute atomic E-state index is 0.00604. The van der Waals surface area contributed by atoms with E-state index in [1.165, 1.54) is 6.42 Å². The molecule has 0 aliphatic heterocycles. The van der Waals surface area contributed by atoms with Crippen LogP contribution in [0.15, 0.2) is 0 Å². The number of hydrogen-bond donors (Lipinski definition) is 2. The van der Waals surface area contributed by atoms with Gasteiger partial charge in [-0.15, -0.1) is 0 Å². The van der Waals surface area contributed by atoms with Gasteiger partial charge in [-0.3, -0.25) is 0 Å². The van der Waals surface area contributed by atoms with E-state index in [0.717, 1.165) is 19.0 Å². The Kier molecular flexibility index (Phi) is 5.82. The fourth-order valence-electron chi connectivity index (χ4n) is 1.97. The average Bonchev–Trinajstić information content (AvgIpc) is 2.00. The Balaban J connectivity index is 3.84. The van der Waals surface area contributed by atoms with Gasteiger partial charge in [-0.25, -0.2) is 0 Å². The third kappa shape index (κ3) is 7.80. The van der Waals surface area contributed by atoms with Gasteiger partial charge in [0.25, 0.3) is 0 Å². The van der Waals surface area contributed by atoms with Crippen LogP contribution in [0.25, 0.3) is 0 Å². The molecule has 0 heterocycles. The summed E-state index contributed by atoms with van der Waals surface area (Å²) in [5.41, 5.74) is 0.341. The monoisotopic (exact) mass is 215 g/mol. The quantitative estimate of drug-likeness (QED) is 0.684. The van der Waals surface area contributed by atoms with Crippen LogP contribution in [0.2, 0.25) is 0 Å². The molecule has 0 amide bonds. The van der Waals surface area contributed by atoms with Gasteiger partial charge in [0.05, 0.1) is 0 Å². The third-order valence-electron chi connectivity index (χ3n) is 2.60. The Bertz CT molecular complexity index is 173. The zero-order valence-electron chi connectivity index (χ0n) is 11.4. The van der Waals surface area contributed by atoms with Crippen LogP contribution < -0.4 is 5.32 Å². The van der Waals surface area contributed by atoms with E-state index in [1.54, 1.807) is 0 Å². The number of aliphatic hydroxyl groups is 1. The molecule has 0 aromatic heterocycles. The first-order valence-electron chi connectivity index (χ1n) is 6.00. The first kappa shape index (κ1) is 14.9. The van der Waals surface area contributed by atoms with E-state index < -0.39 is 0 Å². The van der Waals surface area contributed by atoms with Gasteiger partial charge < -0.3 is 10.4 Å². The highest BCUT2D eigenvalue weighted by Gasteiger charge is 2.21. The number of aliphatic hydroxyl groups excluding tert-OH is 1. The Morgan fingerprint density at radius 3 is 1.87 bits per heavy atom. The second kappa shape index (κ2) is 5.86. The summed E-state index contributed by atoms with van der Waals surface area (Å²) in [6, 6.07) is 0. The van der Waals surface area contributed by atoms with Crippen molar-refractivity contribution in [3.63, 3.8) is 0 Å². The van der Waals surface area contributed by atoms with Crippen LogP contribution in [0, 0.1) is 16.7 Å². The zero-order valence-corrected chi connectivity index (χ0v) is 11.4. The van der Waals surface area contributed by atoms with Crippen molar-refractivity contribution in [2.24, 2.45) is 16.7 Å². The first-order valence-corrected chi connectivity index (χ1v) is 6.00. The first-order chi connectivity index (χ1) is 6.68. The van der Waals surface area contributed by atoms with E-state index in [0.29, 0.717) is 5.41 Å². The van der Waals surface area contributed by atoms with E-state index in [2.05, 4.69) is 46.9 Å². The van der Waals surface area contributed by atoms with Crippen LogP contribution in [0.5, 0.6) is 0 Å². The highest BCUT2D eigenvalue weighted by Crippen LogP contribution is 2.24. The summed E-state index contributed by atoms with van der Waals surface area (Å²) in [6.07, 6.45) is 1.24. The Morgan fingerprint density at radius 2 is 1.47 bits per heavy atom. The lowest BCUT2D eigenvalue weighted by Crippen LogP contribution is -2.38. The molecule has 15 heavy (non-hydrogen) atoms. The minimum atomic E-state index is -0.00604. The molecule has 0 aliphatic carbocycles. The third-order valence-corrected chi connectivity index (χ3v) is 2.60. The molecule has 0 aromatic rings. The van der Waals surface area contributed by atoms with E-state index in [4.69, 9.17) is 5.11 Å². The summed E-state index contributed by atoms with van der Waals surface area (Å²) in [5.74, 6) is 0.743. The fourth-order valence-corrected chi connectivity index (χ4v) is 1.97. The molecule has 2 nitrogen and oxygen atoms in total. The van der Waals surface area contributed by atoms with E-state index in [1.807, 2.05) is 0 Å². The second-order valence-corrected chi connectivity index (χ2v) is 6.69. The van der Waals surface area contributed by atoms with Crippen molar-refractivity contribution in [1.82, 2.24) is 5.32 Å². The van der Waals surface area contributed by atoms with Gasteiger partial charge >= 0.3 is 0 Å².